The van der Waals surface area contributed by atoms with Gasteiger partial charge in [0, 0.05) is 36.1 Å². The minimum absolute atomic E-state index is 0.0717. The first-order chi connectivity index (χ1) is 10.2. The van der Waals surface area contributed by atoms with Gasteiger partial charge in [-0.3, -0.25) is 4.79 Å². The average molecular weight is 353 g/mol. The molecule has 0 atom stereocenters. The third-order valence-electron chi connectivity index (χ3n) is 2.75. The van der Waals surface area contributed by atoms with Gasteiger partial charge in [-0.1, -0.05) is 28.8 Å². The highest BCUT2D eigenvalue weighted by Gasteiger charge is 2.05. The zero-order valence-corrected chi connectivity index (χ0v) is 13.8. The molecule has 1 aromatic rings. The SMILES string of the molecule is C#CCOc1ccc(Br)cc1CNCCC(=O)NCCC. The fraction of sp³-hybridized carbons (Fsp3) is 0.438. The first kappa shape index (κ1) is 17.5. The van der Waals surface area contributed by atoms with E-state index in [2.05, 4.69) is 32.5 Å². The molecule has 1 rings (SSSR count). The molecule has 0 fully saturated rings. The summed E-state index contributed by atoms with van der Waals surface area (Å²) in [6.07, 6.45) is 6.63. The second kappa shape index (κ2) is 10.3. The smallest absolute Gasteiger partial charge is 0.221 e. The molecule has 1 amide bonds. The Morgan fingerprint density at radius 2 is 2.24 bits per heavy atom. The summed E-state index contributed by atoms with van der Waals surface area (Å²) in [5.41, 5.74) is 1.01. The number of benzene rings is 1. The van der Waals surface area contributed by atoms with Crippen LogP contribution in [-0.4, -0.2) is 25.6 Å². The molecule has 0 aliphatic carbocycles. The first-order valence-electron chi connectivity index (χ1n) is 6.99. The second-order valence-electron chi connectivity index (χ2n) is 4.52. The zero-order chi connectivity index (χ0) is 15.5. The highest BCUT2D eigenvalue weighted by Crippen LogP contribution is 2.23. The minimum atomic E-state index is 0.0717. The fourth-order valence-corrected chi connectivity index (χ4v) is 2.13. The van der Waals surface area contributed by atoms with Gasteiger partial charge < -0.3 is 15.4 Å². The molecule has 0 spiro atoms. The number of carbonyl (C=O) groups is 1. The van der Waals surface area contributed by atoms with Crippen molar-refractivity contribution in [3.63, 3.8) is 0 Å². The van der Waals surface area contributed by atoms with Gasteiger partial charge in [0.1, 0.15) is 12.4 Å². The molecule has 0 saturated carbocycles. The topological polar surface area (TPSA) is 50.4 Å². The Hall–Kier alpha value is -1.51. The summed E-state index contributed by atoms with van der Waals surface area (Å²) in [7, 11) is 0. The van der Waals surface area contributed by atoms with Gasteiger partial charge in [0.2, 0.25) is 5.91 Å². The minimum Gasteiger partial charge on any atom is -0.481 e. The summed E-state index contributed by atoms with van der Waals surface area (Å²) >= 11 is 3.44. The number of amides is 1. The van der Waals surface area contributed by atoms with Crippen LogP contribution in [-0.2, 0) is 11.3 Å². The Bertz CT molecular complexity index is 498. The summed E-state index contributed by atoms with van der Waals surface area (Å²) in [5.74, 6) is 3.29. The van der Waals surface area contributed by atoms with Crippen molar-refractivity contribution in [2.24, 2.45) is 0 Å². The molecular weight excluding hydrogens is 332 g/mol. The second-order valence-corrected chi connectivity index (χ2v) is 5.44. The largest absolute Gasteiger partial charge is 0.481 e. The van der Waals surface area contributed by atoms with Crippen LogP contribution in [0.25, 0.3) is 0 Å². The number of rotatable bonds is 9. The Kier molecular flexibility index (Phi) is 8.56. The lowest BCUT2D eigenvalue weighted by atomic mass is 10.2. The van der Waals surface area contributed by atoms with Crippen molar-refractivity contribution < 1.29 is 9.53 Å². The molecule has 0 aliphatic rings. The predicted molar refractivity (Wildman–Crippen MR) is 88.1 cm³/mol. The maximum atomic E-state index is 11.5. The normalized spacial score (nSPS) is 9.95. The van der Waals surface area contributed by atoms with E-state index >= 15 is 0 Å². The van der Waals surface area contributed by atoms with Crippen LogP contribution in [0.2, 0.25) is 0 Å². The summed E-state index contributed by atoms with van der Waals surface area (Å²) in [4.78, 5) is 11.5. The molecule has 2 N–H and O–H groups in total. The molecule has 21 heavy (non-hydrogen) atoms. The molecule has 0 saturated heterocycles. The molecule has 1 aromatic carbocycles. The summed E-state index contributed by atoms with van der Waals surface area (Å²) in [6.45, 7) is 4.25. The number of hydrogen-bond donors (Lipinski definition) is 2. The molecule has 0 radical (unpaired) electrons. The third-order valence-corrected chi connectivity index (χ3v) is 3.24. The predicted octanol–water partition coefficient (Wildman–Crippen LogP) is 2.47. The monoisotopic (exact) mass is 352 g/mol. The van der Waals surface area contributed by atoms with Gasteiger partial charge in [0.05, 0.1) is 0 Å². The van der Waals surface area contributed by atoms with Gasteiger partial charge in [0.15, 0.2) is 0 Å². The van der Waals surface area contributed by atoms with Crippen LogP contribution in [0, 0.1) is 12.3 Å². The number of nitrogens with one attached hydrogen (secondary N) is 2. The molecule has 0 aliphatic heterocycles. The van der Waals surface area contributed by atoms with Crippen LogP contribution in [0.3, 0.4) is 0 Å². The lowest BCUT2D eigenvalue weighted by Crippen LogP contribution is -2.28. The van der Waals surface area contributed by atoms with Crippen molar-refractivity contribution >= 4 is 21.8 Å². The molecule has 0 unspecified atom stereocenters. The van der Waals surface area contributed by atoms with E-state index in [0.717, 1.165) is 28.8 Å². The summed E-state index contributed by atoms with van der Waals surface area (Å²) in [6, 6.07) is 5.77. The fourth-order valence-electron chi connectivity index (χ4n) is 1.72. The van der Waals surface area contributed by atoms with E-state index in [1.807, 2.05) is 25.1 Å². The quantitative estimate of drug-likeness (QED) is 0.530. The third kappa shape index (κ3) is 7.16. The first-order valence-corrected chi connectivity index (χ1v) is 7.78. The molecule has 5 heteroatoms. The van der Waals surface area contributed by atoms with Gasteiger partial charge in [-0.05, 0) is 24.6 Å². The van der Waals surface area contributed by atoms with Crippen LogP contribution in [0.15, 0.2) is 22.7 Å². The number of halogens is 1. The Morgan fingerprint density at radius 1 is 1.43 bits per heavy atom. The van der Waals surface area contributed by atoms with E-state index in [9.17, 15) is 4.79 Å². The Labute approximate surface area is 134 Å². The van der Waals surface area contributed by atoms with Crippen molar-refractivity contribution in [1.29, 1.82) is 0 Å². The van der Waals surface area contributed by atoms with Crippen LogP contribution in [0.1, 0.15) is 25.3 Å². The van der Waals surface area contributed by atoms with Crippen molar-refractivity contribution in [2.45, 2.75) is 26.3 Å². The average Bonchev–Trinajstić information content (AvgIpc) is 2.48. The van der Waals surface area contributed by atoms with E-state index in [4.69, 9.17) is 11.2 Å². The number of hydrogen-bond acceptors (Lipinski definition) is 3. The van der Waals surface area contributed by atoms with Gasteiger partial charge in [-0.25, -0.2) is 0 Å². The van der Waals surface area contributed by atoms with Crippen molar-refractivity contribution in [3.8, 4) is 18.1 Å². The number of terminal acetylenes is 1. The zero-order valence-electron chi connectivity index (χ0n) is 12.2. The maximum Gasteiger partial charge on any atom is 0.221 e. The summed E-state index contributed by atoms with van der Waals surface area (Å²) < 4.78 is 6.48. The van der Waals surface area contributed by atoms with E-state index in [1.165, 1.54) is 0 Å². The van der Waals surface area contributed by atoms with Crippen LogP contribution < -0.4 is 15.4 Å². The van der Waals surface area contributed by atoms with Gasteiger partial charge >= 0.3 is 0 Å². The van der Waals surface area contributed by atoms with E-state index in [-0.39, 0.29) is 12.5 Å². The highest BCUT2D eigenvalue weighted by atomic mass is 79.9. The standard InChI is InChI=1S/C16H21BrN2O2/c1-3-8-19-16(20)7-9-18-12-13-11-14(17)5-6-15(13)21-10-4-2/h2,5-6,11,18H,3,7-10,12H2,1H3,(H,19,20). The van der Waals surface area contributed by atoms with Crippen LogP contribution in [0.4, 0.5) is 0 Å². The molecular formula is C16H21BrN2O2. The Morgan fingerprint density at radius 3 is 2.95 bits per heavy atom. The van der Waals surface area contributed by atoms with Gasteiger partial charge in [-0.2, -0.15) is 0 Å². The maximum absolute atomic E-state index is 11.5. The van der Waals surface area contributed by atoms with Crippen LogP contribution >= 0.6 is 15.9 Å². The van der Waals surface area contributed by atoms with E-state index < -0.39 is 0 Å². The van der Waals surface area contributed by atoms with E-state index in [0.29, 0.717) is 19.5 Å². The summed E-state index contributed by atoms with van der Waals surface area (Å²) in [5, 5.41) is 6.09. The Balaban J connectivity index is 2.42. The number of carbonyl (C=O) groups excluding carboxylic acids is 1. The van der Waals surface area contributed by atoms with Crippen molar-refractivity contribution in [1.82, 2.24) is 10.6 Å². The lowest BCUT2D eigenvalue weighted by molar-refractivity contribution is -0.120. The molecule has 4 nitrogen and oxygen atoms in total. The van der Waals surface area contributed by atoms with Crippen molar-refractivity contribution in [2.75, 3.05) is 19.7 Å². The molecule has 0 aromatic heterocycles. The molecule has 0 heterocycles. The lowest BCUT2D eigenvalue weighted by Gasteiger charge is -2.11. The molecule has 0 bridgehead atoms. The van der Waals surface area contributed by atoms with Gasteiger partial charge in [0.25, 0.3) is 0 Å². The number of ether oxygens (including phenoxy) is 1. The van der Waals surface area contributed by atoms with Crippen molar-refractivity contribution in [3.05, 3.63) is 28.2 Å². The van der Waals surface area contributed by atoms with E-state index in [1.54, 1.807) is 0 Å². The van der Waals surface area contributed by atoms with Gasteiger partial charge in [-0.15, -0.1) is 6.42 Å². The van der Waals surface area contributed by atoms with Crippen LogP contribution in [0.5, 0.6) is 5.75 Å². The highest BCUT2D eigenvalue weighted by molar-refractivity contribution is 9.10. The molecule has 114 valence electrons.